The molecule has 0 amide bonds. The molecule has 3 saturated carbocycles. The first-order valence-electron chi connectivity index (χ1n) is 21.9. The lowest BCUT2D eigenvalue weighted by Gasteiger charge is -2.58. The molecule has 8 atom stereocenters. The molecule has 0 spiro atoms. The van der Waals surface area contributed by atoms with Gasteiger partial charge in [0.25, 0.3) is 0 Å². The molecule has 51 heavy (non-hydrogen) atoms. The quantitative estimate of drug-likeness (QED) is 0.0568. The maximum absolute atomic E-state index is 11.0. The third-order valence-corrected chi connectivity index (χ3v) is 14.1. The number of hydrogen-bond donors (Lipinski definition) is 2. The summed E-state index contributed by atoms with van der Waals surface area (Å²) in [5.41, 5.74) is 2.60. The number of aliphatic hydroxyl groups excluding tert-OH is 1. The highest BCUT2D eigenvalue weighted by Crippen LogP contribution is 2.67. The minimum atomic E-state index is -1.51. The number of fused-ring (bicyclic) bond motifs is 5. The van der Waals surface area contributed by atoms with Gasteiger partial charge in [-0.3, -0.25) is 4.79 Å². The molecule has 0 bridgehead atoms. The SMILES string of the molecule is CC(C)CCCC(C)[C@H]1CC[C@H]2[C@@H]3CC=C4C[C@@H](O)CC[C@]4(C)[C@H]3CC[C@]12C.CCCCCCCC/C=C\CCCCCCCC(=O)OC(=O)O. The number of ether oxygens (including phenoxy) is 1. The molecular weight excluding hydrogens is 633 g/mol. The summed E-state index contributed by atoms with van der Waals surface area (Å²) in [7, 11) is 0. The van der Waals surface area contributed by atoms with Crippen molar-refractivity contribution in [1.29, 1.82) is 0 Å². The Kier molecular flexibility index (Phi) is 19.4. The maximum Gasteiger partial charge on any atom is 0.513 e. The third-order valence-electron chi connectivity index (χ3n) is 14.1. The Hall–Kier alpha value is -1.62. The Morgan fingerprint density at radius 1 is 0.824 bits per heavy atom. The summed E-state index contributed by atoms with van der Waals surface area (Å²) in [5.74, 6) is 4.81. The number of aliphatic hydroxyl groups is 1. The van der Waals surface area contributed by atoms with E-state index in [1.165, 1.54) is 109 Å². The Morgan fingerprint density at radius 2 is 1.47 bits per heavy atom. The highest BCUT2D eigenvalue weighted by atomic mass is 16.7. The molecule has 2 N–H and O–H groups in total. The summed E-state index contributed by atoms with van der Waals surface area (Å²) in [6.45, 7) is 14.8. The van der Waals surface area contributed by atoms with Crippen molar-refractivity contribution in [2.24, 2.45) is 46.3 Å². The van der Waals surface area contributed by atoms with Crippen LogP contribution in [0.3, 0.4) is 0 Å². The number of allylic oxidation sites excluding steroid dienone is 3. The summed E-state index contributed by atoms with van der Waals surface area (Å²) in [4.78, 5) is 21.1. The van der Waals surface area contributed by atoms with E-state index in [0.717, 1.165) is 74.0 Å². The molecule has 3 fully saturated rings. The number of hydrogen-bond acceptors (Lipinski definition) is 4. The summed E-state index contributed by atoms with van der Waals surface area (Å²) in [6, 6.07) is 0. The number of unbranched alkanes of at least 4 members (excludes halogenated alkanes) is 11. The van der Waals surface area contributed by atoms with E-state index in [1.54, 1.807) is 5.57 Å². The van der Waals surface area contributed by atoms with Gasteiger partial charge in [0, 0.05) is 6.42 Å². The van der Waals surface area contributed by atoms with Crippen molar-refractivity contribution in [2.45, 2.75) is 208 Å². The van der Waals surface area contributed by atoms with E-state index in [1.807, 2.05) is 0 Å². The van der Waals surface area contributed by atoms with E-state index < -0.39 is 12.1 Å². The van der Waals surface area contributed by atoms with Crippen LogP contribution in [0.2, 0.25) is 0 Å². The van der Waals surface area contributed by atoms with Crippen LogP contribution in [0.1, 0.15) is 202 Å². The average molecular weight is 713 g/mol. The van der Waals surface area contributed by atoms with E-state index >= 15 is 0 Å². The summed E-state index contributed by atoms with van der Waals surface area (Å²) >= 11 is 0. The highest BCUT2D eigenvalue weighted by molar-refractivity contribution is 5.80. The van der Waals surface area contributed by atoms with E-state index in [4.69, 9.17) is 5.11 Å². The van der Waals surface area contributed by atoms with Crippen LogP contribution in [0.5, 0.6) is 0 Å². The van der Waals surface area contributed by atoms with Gasteiger partial charge in [-0.15, -0.1) is 0 Å². The average Bonchev–Trinajstić information content (AvgIpc) is 3.44. The monoisotopic (exact) mass is 713 g/mol. The molecule has 0 aromatic heterocycles. The fraction of sp³-hybridized carbons (Fsp3) is 0.870. The molecule has 294 valence electrons. The van der Waals surface area contributed by atoms with Crippen LogP contribution in [0, 0.1) is 46.3 Å². The minimum absolute atomic E-state index is 0.0766. The first kappa shape index (κ1) is 43.8. The van der Waals surface area contributed by atoms with E-state index in [9.17, 15) is 14.7 Å². The molecule has 4 rings (SSSR count). The largest absolute Gasteiger partial charge is 0.513 e. The summed E-state index contributed by atoms with van der Waals surface area (Å²) in [5, 5.41) is 18.5. The minimum Gasteiger partial charge on any atom is -0.449 e. The molecule has 4 aliphatic carbocycles. The molecular formula is C46H80O5. The third kappa shape index (κ3) is 13.6. The number of carbonyl (C=O) groups excluding carboxylic acids is 1. The van der Waals surface area contributed by atoms with E-state index in [-0.39, 0.29) is 12.5 Å². The van der Waals surface area contributed by atoms with Crippen molar-refractivity contribution in [1.82, 2.24) is 0 Å². The second-order valence-electron chi connectivity index (χ2n) is 18.3. The van der Waals surface area contributed by atoms with Gasteiger partial charge in [-0.2, -0.15) is 0 Å². The van der Waals surface area contributed by atoms with E-state index in [0.29, 0.717) is 17.3 Å². The number of esters is 1. The molecule has 5 heteroatoms. The van der Waals surface area contributed by atoms with Crippen LogP contribution in [-0.2, 0) is 9.53 Å². The lowest BCUT2D eigenvalue weighted by molar-refractivity contribution is -0.139. The lowest BCUT2D eigenvalue weighted by Crippen LogP contribution is -2.50. The summed E-state index contributed by atoms with van der Waals surface area (Å²) in [6.07, 6.45) is 36.0. The molecule has 0 aliphatic heterocycles. The Balaban J connectivity index is 0.000000283. The highest BCUT2D eigenvalue weighted by Gasteiger charge is 2.59. The van der Waals surface area contributed by atoms with Crippen LogP contribution in [0.4, 0.5) is 4.79 Å². The van der Waals surface area contributed by atoms with Crippen molar-refractivity contribution < 1.29 is 24.5 Å². The van der Waals surface area contributed by atoms with Crippen molar-refractivity contribution in [3.8, 4) is 0 Å². The van der Waals surface area contributed by atoms with Crippen LogP contribution in [0.25, 0.3) is 0 Å². The predicted octanol–water partition coefficient (Wildman–Crippen LogP) is 13.6. The smallest absolute Gasteiger partial charge is 0.449 e. The van der Waals surface area contributed by atoms with Gasteiger partial charge in [0.15, 0.2) is 0 Å². The van der Waals surface area contributed by atoms with Crippen molar-refractivity contribution in [3.63, 3.8) is 0 Å². The first-order valence-corrected chi connectivity index (χ1v) is 21.9. The zero-order valence-electron chi connectivity index (χ0n) is 34.1. The standard InChI is InChI=1S/C27H46O.C19H34O4/c1-18(2)7-6-8-19(3)23-11-12-24-22-10-9-20-17-21(28)13-15-26(20,4)25(22)14-16-27(23,24)5;1-2-3-4-5-6-7-8-9-10-11-12-13-14-15-16-17-18(20)23-19(21)22/h9,18-19,21-25,28H,6-8,10-17H2,1-5H3;9-10H,2-8,11-17H2,1H3,(H,21,22)/b;10-9-/t19?,21-,22-,23+,24-,25-,26-,27+;/m0./s1. The first-order chi connectivity index (χ1) is 24.4. The normalized spacial score (nSPS) is 30.5. The van der Waals surface area contributed by atoms with Gasteiger partial charge >= 0.3 is 12.1 Å². The zero-order chi connectivity index (χ0) is 37.3. The van der Waals surface area contributed by atoms with Crippen LogP contribution >= 0.6 is 0 Å². The number of rotatable bonds is 20. The number of carboxylic acid groups (broad SMARTS) is 1. The van der Waals surface area contributed by atoms with Gasteiger partial charge in [0.05, 0.1) is 6.10 Å². The molecule has 4 aliphatic rings. The molecule has 5 nitrogen and oxygen atoms in total. The van der Waals surface area contributed by atoms with Gasteiger partial charge in [-0.25, -0.2) is 4.79 Å². The van der Waals surface area contributed by atoms with Gasteiger partial charge in [0.1, 0.15) is 0 Å². The van der Waals surface area contributed by atoms with Crippen molar-refractivity contribution in [3.05, 3.63) is 23.8 Å². The fourth-order valence-electron chi connectivity index (χ4n) is 11.2. The molecule has 0 aromatic carbocycles. The zero-order valence-corrected chi connectivity index (χ0v) is 34.1. The maximum atomic E-state index is 11.0. The molecule has 0 heterocycles. The second-order valence-corrected chi connectivity index (χ2v) is 18.3. The Bertz CT molecular complexity index is 1080. The van der Waals surface area contributed by atoms with Crippen molar-refractivity contribution >= 4 is 12.1 Å². The van der Waals surface area contributed by atoms with Crippen LogP contribution < -0.4 is 0 Å². The van der Waals surface area contributed by atoms with E-state index in [2.05, 4.69) is 64.5 Å². The summed E-state index contributed by atoms with van der Waals surface area (Å²) < 4.78 is 4.04. The predicted molar refractivity (Wildman–Crippen MR) is 213 cm³/mol. The van der Waals surface area contributed by atoms with Crippen LogP contribution in [-0.4, -0.2) is 28.4 Å². The molecule has 0 aromatic rings. The van der Waals surface area contributed by atoms with Gasteiger partial charge in [-0.1, -0.05) is 136 Å². The number of carbonyl (C=O) groups is 2. The lowest BCUT2D eigenvalue weighted by atomic mass is 9.47. The molecule has 0 saturated heterocycles. The van der Waals surface area contributed by atoms with Crippen LogP contribution in [0.15, 0.2) is 23.8 Å². The molecule has 0 radical (unpaired) electrons. The fourth-order valence-corrected chi connectivity index (χ4v) is 11.2. The second kappa shape index (κ2) is 22.6. The Morgan fingerprint density at radius 3 is 2.12 bits per heavy atom. The Labute approximate surface area is 314 Å². The van der Waals surface area contributed by atoms with Crippen molar-refractivity contribution in [2.75, 3.05) is 0 Å². The van der Waals surface area contributed by atoms with Gasteiger partial charge in [-0.05, 0) is 130 Å². The van der Waals surface area contributed by atoms with Gasteiger partial charge < -0.3 is 14.9 Å². The van der Waals surface area contributed by atoms with Gasteiger partial charge in [0.2, 0.25) is 0 Å². The molecule has 1 unspecified atom stereocenters. The topological polar surface area (TPSA) is 83.8 Å².